The molecule has 196 valence electrons. The van der Waals surface area contributed by atoms with E-state index in [0.717, 1.165) is 57.0 Å². The summed E-state index contributed by atoms with van der Waals surface area (Å²) in [5.41, 5.74) is 1.77. The Hall–Kier alpha value is -3.12. The number of ether oxygens (including phenoxy) is 1. The van der Waals surface area contributed by atoms with Crippen LogP contribution in [0.25, 0.3) is 16.2 Å². The van der Waals surface area contributed by atoms with E-state index >= 15 is 0 Å². The summed E-state index contributed by atoms with van der Waals surface area (Å²) in [6.45, 7) is 5.96. The SMILES string of the molecule is CCCc1cnc(N2CCC([C@H](C)Oc3nn4cc(-c5ccc(S(C)(=O)=O)cc5F)nc4s3)CC2)nc1. The lowest BCUT2D eigenvalue weighted by molar-refractivity contribution is 0.131. The summed E-state index contributed by atoms with van der Waals surface area (Å²) in [5, 5.41) is 4.97. The molecule has 4 heterocycles. The van der Waals surface area contributed by atoms with Crippen LogP contribution in [0, 0.1) is 11.7 Å². The molecule has 0 unspecified atom stereocenters. The summed E-state index contributed by atoms with van der Waals surface area (Å²) in [5.74, 6) is 0.517. The van der Waals surface area contributed by atoms with Crippen molar-refractivity contribution in [2.75, 3.05) is 24.2 Å². The lowest BCUT2D eigenvalue weighted by atomic mass is 9.92. The molecule has 1 aliphatic heterocycles. The fourth-order valence-electron chi connectivity index (χ4n) is 4.55. The van der Waals surface area contributed by atoms with Gasteiger partial charge in [-0.1, -0.05) is 13.3 Å². The number of halogens is 1. The van der Waals surface area contributed by atoms with Gasteiger partial charge in [0, 0.05) is 37.3 Å². The highest BCUT2D eigenvalue weighted by Crippen LogP contribution is 2.31. The smallest absolute Gasteiger partial charge is 0.294 e. The third-order valence-electron chi connectivity index (χ3n) is 6.67. The van der Waals surface area contributed by atoms with Gasteiger partial charge in [0.1, 0.15) is 11.9 Å². The lowest BCUT2D eigenvalue weighted by Crippen LogP contribution is -2.39. The van der Waals surface area contributed by atoms with Gasteiger partial charge in [0.2, 0.25) is 10.9 Å². The van der Waals surface area contributed by atoms with Gasteiger partial charge >= 0.3 is 0 Å². The quantitative estimate of drug-likeness (QED) is 0.321. The molecule has 0 saturated carbocycles. The third-order valence-corrected chi connectivity index (χ3v) is 8.60. The minimum absolute atomic E-state index is 0.0219. The van der Waals surface area contributed by atoms with Gasteiger partial charge in [-0.25, -0.2) is 32.3 Å². The van der Waals surface area contributed by atoms with Crippen LogP contribution in [0.4, 0.5) is 10.3 Å². The highest BCUT2D eigenvalue weighted by molar-refractivity contribution is 7.90. The van der Waals surface area contributed by atoms with Gasteiger partial charge in [0.25, 0.3) is 5.19 Å². The average molecular weight is 545 g/mol. The van der Waals surface area contributed by atoms with Gasteiger partial charge < -0.3 is 9.64 Å². The maximum atomic E-state index is 14.6. The number of imidazole rings is 1. The van der Waals surface area contributed by atoms with Crippen molar-refractivity contribution in [3.05, 3.63) is 48.2 Å². The molecule has 0 radical (unpaired) electrons. The number of rotatable bonds is 8. The molecular weight excluding hydrogens is 515 g/mol. The van der Waals surface area contributed by atoms with E-state index in [0.29, 0.717) is 21.8 Å². The number of aryl methyl sites for hydroxylation is 1. The van der Waals surface area contributed by atoms with E-state index < -0.39 is 15.7 Å². The first-order valence-electron chi connectivity index (χ1n) is 12.3. The molecular formula is C25H29FN6O3S2. The maximum Gasteiger partial charge on any atom is 0.294 e. The Balaban J connectivity index is 1.20. The molecule has 3 aromatic heterocycles. The van der Waals surface area contributed by atoms with Crippen molar-refractivity contribution >= 4 is 32.1 Å². The summed E-state index contributed by atoms with van der Waals surface area (Å²) in [7, 11) is -3.49. The number of sulfone groups is 1. The van der Waals surface area contributed by atoms with E-state index in [9.17, 15) is 12.8 Å². The topological polar surface area (TPSA) is 103 Å². The summed E-state index contributed by atoms with van der Waals surface area (Å²) in [6, 6.07) is 3.82. The second kappa shape index (κ2) is 10.3. The number of aromatic nitrogens is 5. The second-order valence-electron chi connectivity index (χ2n) is 9.42. The normalized spacial score (nSPS) is 15.8. The molecule has 1 fully saturated rings. The summed E-state index contributed by atoms with van der Waals surface area (Å²) < 4.78 is 45.6. The second-order valence-corrected chi connectivity index (χ2v) is 12.4. The Morgan fingerprint density at radius 3 is 2.57 bits per heavy atom. The van der Waals surface area contributed by atoms with Crippen molar-refractivity contribution in [2.24, 2.45) is 5.92 Å². The lowest BCUT2D eigenvalue weighted by Gasteiger charge is -2.34. The Labute approximate surface area is 219 Å². The predicted molar refractivity (Wildman–Crippen MR) is 140 cm³/mol. The Kier molecular flexibility index (Phi) is 7.13. The van der Waals surface area contributed by atoms with Crippen LogP contribution in [0.15, 0.2) is 41.7 Å². The first kappa shape index (κ1) is 25.5. The van der Waals surface area contributed by atoms with Gasteiger partial charge in [0.15, 0.2) is 9.84 Å². The largest absolute Gasteiger partial charge is 0.466 e. The van der Waals surface area contributed by atoms with Crippen LogP contribution >= 0.6 is 11.3 Å². The molecule has 0 spiro atoms. The minimum atomic E-state index is -3.49. The van der Waals surface area contributed by atoms with Crippen LogP contribution < -0.4 is 9.64 Å². The van der Waals surface area contributed by atoms with Crippen molar-refractivity contribution in [3.63, 3.8) is 0 Å². The van der Waals surface area contributed by atoms with E-state index in [-0.39, 0.29) is 16.6 Å². The number of fused-ring (bicyclic) bond motifs is 1. The Morgan fingerprint density at radius 2 is 1.95 bits per heavy atom. The molecule has 37 heavy (non-hydrogen) atoms. The van der Waals surface area contributed by atoms with Crippen LogP contribution in [-0.2, 0) is 16.3 Å². The number of nitrogens with zero attached hydrogens (tertiary/aromatic N) is 6. The predicted octanol–water partition coefficient (Wildman–Crippen LogP) is 4.43. The van der Waals surface area contributed by atoms with Gasteiger partial charge in [0.05, 0.1) is 16.8 Å². The summed E-state index contributed by atoms with van der Waals surface area (Å²) >= 11 is 1.29. The van der Waals surface area contributed by atoms with E-state index in [4.69, 9.17) is 4.74 Å². The van der Waals surface area contributed by atoms with Crippen molar-refractivity contribution in [1.82, 2.24) is 24.6 Å². The first-order chi connectivity index (χ1) is 17.7. The number of anilines is 1. The molecule has 4 aromatic rings. The highest BCUT2D eigenvalue weighted by Gasteiger charge is 2.27. The third kappa shape index (κ3) is 5.59. The summed E-state index contributed by atoms with van der Waals surface area (Å²) in [6.07, 6.45) is 10.5. The number of piperidine rings is 1. The van der Waals surface area contributed by atoms with Gasteiger partial charge in [-0.3, -0.25) is 0 Å². The average Bonchev–Trinajstić information content (AvgIpc) is 3.43. The van der Waals surface area contributed by atoms with Crippen molar-refractivity contribution < 1.29 is 17.5 Å². The minimum Gasteiger partial charge on any atom is -0.466 e. The highest BCUT2D eigenvalue weighted by atomic mass is 32.2. The molecule has 9 nitrogen and oxygen atoms in total. The van der Waals surface area contributed by atoms with Crippen LogP contribution in [0.2, 0.25) is 0 Å². The van der Waals surface area contributed by atoms with E-state index in [1.165, 1.54) is 29.0 Å². The number of hydrogen-bond donors (Lipinski definition) is 0. The molecule has 1 aliphatic rings. The molecule has 1 aromatic carbocycles. The molecule has 0 N–H and O–H groups in total. The fraction of sp³-hybridized carbons (Fsp3) is 0.440. The van der Waals surface area contributed by atoms with Crippen LogP contribution in [0.1, 0.15) is 38.7 Å². The van der Waals surface area contributed by atoms with Crippen molar-refractivity contribution in [2.45, 2.75) is 50.5 Å². The molecule has 1 saturated heterocycles. The molecule has 0 bridgehead atoms. The van der Waals surface area contributed by atoms with Crippen LogP contribution in [-0.4, -0.2) is 58.4 Å². The molecule has 0 aliphatic carbocycles. The van der Waals surface area contributed by atoms with Gasteiger partial charge in [-0.05, 0) is 67.2 Å². The zero-order valence-corrected chi connectivity index (χ0v) is 22.6. The van der Waals surface area contributed by atoms with E-state index in [2.05, 4.69) is 38.8 Å². The number of hydrogen-bond acceptors (Lipinski definition) is 9. The molecule has 12 heteroatoms. The van der Waals surface area contributed by atoms with Gasteiger partial charge in [-0.2, -0.15) is 0 Å². The number of benzene rings is 1. The van der Waals surface area contributed by atoms with Crippen LogP contribution in [0.3, 0.4) is 0 Å². The Morgan fingerprint density at radius 1 is 1.22 bits per heavy atom. The van der Waals surface area contributed by atoms with E-state index in [1.807, 2.05) is 12.4 Å². The van der Waals surface area contributed by atoms with Gasteiger partial charge in [-0.15, -0.1) is 5.10 Å². The molecule has 5 rings (SSSR count). The molecule has 1 atom stereocenters. The fourth-order valence-corrected chi connectivity index (χ4v) is 6.00. The van der Waals surface area contributed by atoms with Crippen molar-refractivity contribution in [3.8, 4) is 16.5 Å². The maximum absolute atomic E-state index is 14.6. The molecule has 0 amide bonds. The van der Waals surface area contributed by atoms with E-state index in [1.54, 1.807) is 10.7 Å². The summed E-state index contributed by atoms with van der Waals surface area (Å²) in [4.78, 5) is 16.3. The van der Waals surface area contributed by atoms with Crippen LogP contribution in [0.5, 0.6) is 5.19 Å². The zero-order valence-electron chi connectivity index (χ0n) is 21.0. The first-order valence-corrected chi connectivity index (χ1v) is 15.0. The Bertz CT molecular complexity index is 1460. The standard InChI is InChI=1S/C25H29FN6O3S2/c1-4-5-17-13-27-23(28-14-17)31-10-8-18(9-11-31)16(2)35-25-30-32-15-22(29-24(32)36-25)20-7-6-19(12-21(20)26)37(3,33)34/h6-7,12-16,18H,4-5,8-11H2,1-3H3/t16-/m0/s1. The monoisotopic (exact) mass is 544 g/mol. The zero-order chi connectivity index (χ0) is 26.2. The van der Waals surface area contributed by atoms with Crippen molar-refractivity contribution in [1.29, 1.82) is 0 Å².